The van der Waals surface area contributed by atoms with E-state index in [0.29, 0.717) is 43.7 Å². The molecule has 31 heavy (non-hydrogen) atoms. The molecule has 156 valence electrons. The molecule has 2 aromatic carbocycles. The summed E-state index contributed by atoms with van der Waals surface area (Å²) in [7, 11) is 0. The number of H-pyrrole nitrogens is 1. The average Bonchev–Trinajstić information content (AvgIpc) is 3.41. The van der Waals surface area contributed by atoms with Crippen LogP contribution in [0.4, 0.5) is 5.69 Å². The molecule has 0 bridgehead atoms. The fourth-order valence-electron chi connectivity index (χ4n) is 3.77. The molecule has 0 atom stereocenters. The maximum Gasteiger partial charge on any atom is 0.365 e. The molecule has 0 radical (unpaired) electrons. The number of cyclic esters (lactones) is 1. The average molecular weight is 414 g/mol. The first-order chi connectivity index (χ1) is 15.2. The molecule has 1 saturated heterocycles. The van der Waals surface area contributed by atoms with Crippen LogP contribution in [0.25, 0.3) is 10.9 Å². The summed E-state index contributed by atoms with van der Waals surface area (Å²) >= 11 is 0. The van der Waals surface area contributed by atoms with E-state index < -0.39 is 5.97 Å². The zero-order chi connectivity index (χ0) is 21.2. The normalized spacial score (nSPS) is 17.7. The maximum atomic E-state index is 12.4. The van der Waals surface area contributed by atoms with E-state index in [2.05, 4.69) is 15.3 Å². The predicted octanol–water partition coefficient (Wildman–Crippen LogP) is 2.98. The Balaban J connectivity index is 1.25. The van der Waals surface area contributed by atoms with Gasteiger partial charge < -0.3 is 24.8 Å². The standard InChI is InChI=1S/C23H22N6O2/c24-23(26-16-5-2-1-3-6-16)29-13-11-28(12-14-29)15-20-22(30)31-21(27-20)18-7-4-8-19-17(18)9-10-25-19/h1-10,15,25H,11-14H2,(H2,24,26)/b20-15+. The molecule has 0 spiro atoms. The summed E-state index contributed by atoms with van der Waals surface area (Å²) in [6.07, 6.45) is 3.62. The number of nitrogens with one attached hydrogen (secondary N) is 3. The fraction of sp³-hybridized carbons (Fsp3) is 0.174. The Hall–Kier alpha value is -4.07. The van der Waals surface area contributed by atoms with Crippen molar-refractivity contribution in [1.82, 2.24) is 14.8 Å². The van der Waals surface area contributed by atoms with Crippen LogP contribution in [-0.2, 0) is 9.53 Å². The lowest BCUT2D eigenvalue weighted by molar-refractivity contribution is -0.130. The summed E-state index contributed by atoms with van der Waals surface area (Å²) in [4.78, 5) is 24.0. The molecule has 0 saturated carbocycles. The summed E-state index contributed by atoms with van der Waals surface area (Å²) in [6.45, 7) is 2.73. The molecule has 0 amide bonds. The maximum absolute atomic E-state index is 12.4. The van der Waals surface area contributed by atoms with Crippen molar-refractivity contribution in [1.29, 1.82) is 5.41 Å². The lowest BCUT2D eigenvalue weighted by atomic mass is 10.1. The number of anilines is 1. The number of rotatable bonds is 3. The topological polar surface area (TPSA) is 96.8 Å². The highest BCUT2D eigenvalue weighted by molar-refractivity contribution is 6.16. The van der Waals surface area contributed by atoms with Gasteiger partial charge in [0, 0.05) is 60.7 Å². The molecule has 3 aromatic rings. The van der Waals surface area contributed by atoms with Gasteiger partial charge in [0.1, 0.15) is 0 Å². The molecule has 2 aliphatic rings. The number of hydrogen-bond acceptors (Lipinski definition) is 5. The predicted molar refractivity (Wildman–Crippen MR) is 120 cm³/mol. The molecule has 3 N–H and O–H groups in total. The van der Waals surface area contributed by atoms with Gasteiger partial charge in [-0.3, -0.25) is 5.41 Å². The van der Waals surface area contributed by atoms with E-state index in [1.54, 1.807) is 6.20 Å². The highest BCUT2D eigenvalue weighted by atomic mass is 16.6. The van der Waals surface area contributed by atoms with Crippen molar-refractivity contribution in [3.63, 3.8) is 0 Å². The van der Waals surface area contributed by atoms with E-state index in [-0.39, 0.29) is 0 Å². The number of piperazine rings is 1. The number of aromatic amines is 1. The number of guanidine groups is 1. The number of carbonyl (C=O) groups is 1. The number of para-hydroxylation sites is 1. The highest BCUT2D eigenvalue weighted by Crippen LogP contribution is 2.23. The number of aliphatic imine (C=N–C) groups is 1. The molecule has 0 aliphatic carbocycles. The molecule has 8 heteroatoms. The van der Waals surface area contributed by atoms with Gasteiger partial charge in [-0.25, -0.2) is 9.79 Å². The van der Waals surface area contributed by atoms with Gasteiger partial charge in [-0.1, -0.05) is 24.3 Å². The van der Waals surface area contributed by atoms with Crippen LogP contribution < -0.4 is 5.32 Å². The zero-order valence-electron chi connectivity index (χ0n) is 16.8. The third-order valence-corrected chi connectivity index (χ3v) is 5.42. The number of aromatic nitrogens is 1. The Labute approximate surface area is 179 Å². The van der Waals surface area contributed by atoms with E-state index in [0.717, 1.165) is 22.2 Å². The van der Waals surface area contributed by atoms with E-state index in [1.807, 2.05) is 70.6 Å². The minimum absolute atomic E-state index is 0.300. The van der Waals surface area contributed by atoms with Crippen molar-refractivity contribution in [3.8, 4) is 0 Å². The van der Waals surface area contributed by atoms with Crippen LogP contribution in [0.2, 0.25) is 0 Å². The van der Waals surface area contributed by atoms with E-state index in [4.69, 9.17) is 10.1 Å². The first-order valence-corrected chi connectivity index (χ1v) is 10.2. The molecular formula is C23H22N6O2. The number of esters is 1. The number of hydrogen-bond donors (Lipinski definition) is 3. The van der Waals surface area contributed by atoms with Gasteiger partial charge in [0.15, 0.2) is 11.7 Å². The quantitative estimate of drug-likeness (QED) is 0.265. The third kappa shape index (κ3) is 3.87. The lowest BCUT2D eigenvalue weighted by Crippen LogP contribution is -2.48. The summed E-state index contributed by atoms with van der Waals surface area (Å²) in [5.41, 5.74) is 2.95. The van der Waals surface area contributed by atoms with E-state index in [1.165, 1.54) is 0 Å². The van der Waals surface area contributed by atoms with Gasteiger partial charge in [-0.15, -0.1) is 0 Å². The van der Waals surface area contributed by atoms with Crippen LogP contribution in [0.5, 0.6) is 0 Å². The Kier molecular flexibility index (Phi) is 4.87. The Morgan fingerprint density at radius 1 is 1.06 bits per heavy atom. The van der Waals surface area contributed by atoms with Gasteiger partial charge in [-0.05, 0) is 30.3 Å². The molecule has 2 aliphatic heterocycles. The Morgan fingerprint density at radius 2 is 1.87 bits per heavy atom. The van der Waals surface area contributed by atoms with Crippen LogP contribution in [0.15, 0.2) is 77.7 Å². The SMILES string of the molecule is N=C(Nc1ccccc1)N1CCN(/C=C2/N=C(c3cccc4[nH]ccc34)OC2=O)CC1. The molecule has 8 nitrogen and oxygen atoms in total. The van der Waals surface area contributed by atoms with Crippen molar-refractivity contribution in [2.45, 2.75) is 0 Å². The Morgan fingerprint density at radius 3 is 2.68 bits per heavy atom. The second-order valence-electron chi connectivity index (χ2n) is 7.43. The number of nitrogens with zero attached hydrogens (tertiary/aromatic N) is 3. The minimum atomic E-state index is -0.441. The lowest BCUT2D eigenvalue weighted by Gasteiger charge is -2.35. The van der Waals surface area contributed by atoms with Crippen LogP contribution in [0.3, 0.4) is 0 Å². The molecule has 5 rings (SSSR count). The number of carbonyl (C=O) groups excluding carboxylic acids is 1. The number of fused-ring (bicyclic) bond motifs is 1. The minimum Gasteiger partial charge on any atom is -0.402 e. The largest absolute Gasteiger partial charge is 0.402 e. The van der Waals surface area contributed by atoms with Crippen LogP contribution in [0, 0.1) is 5.41 Å². The smallest absolute Gasteiger partial charge is 0.365 e. The second-order valence-corrected chi connectivity index (χ2v) is 7.43. The summed E-state index contributed by atoms with van der Waals surface area (Å²) < 4.78 is 5.45. The summed E-state index contributed by atoms with van der Waals surface area (Å²) in [5, 5.41) is 12.4. The van der Waals surface area contributed by atoms with Gasteiger partial charge in [0.25, 0.3) is 0 Å². The van der Waals surface area contributed by atoms with Crippen molar-refractivity contribution in [2.24, 2.45) is 4.99 Å². The Bertz CT molecular complexity index is 1190. The zero-order valence-corrected chi connectivity index (χ0v) is 16.8. The first-order valence-electron chi connectivity index (χ1n) is 10.2. The van der Waals surface area contributed by atoms with Gasteiger partial charge in [-0.2, -0.15) is 0 Å². The van der Waals surface area contributed by atoms with Crippen LogP contribution in [-0.4, -0.2) is 58.8 Å². The van der Waals surface area contributed by atoms with E-state index in [9.17, 15) is 4.79 Å². The fourth-order valence-corrected chi connectivity index (χ4v) is 3.77. The monoisotopic (exact) mass is 414 g/mol. The van der Waals surface area contributed by atoms with Gasteiger partial charge in [0.2, 0.25) is 5.90 Å². The third-order valence-electron chi connectivity index (χ3n) is 5.42. The van der Waals surface area contributed by atoms with Crippen LogP contribution in [0.1, 0.15) is 5.56 Å². The summed E-state index contributed by atoms with van der Waals surface area (Å²) in [6, 6.07) is 17.4. The number of benzene rings is 2. The highest BCUT2D eigenvalue weighted by Gasteiger charge is 2.27. The molecule has 3 heterocycles. The second kappa shape index (κ2) is 7.98. The molecule has 1 aromatic heterocycles. The molecular weight excluding hydrogens is 392 g/mol. The van der Waals surface area contributed by atoms with E-state index >= 15 is 0 Å². The number of ether oxygens (including phenoxy) is 1. The van der Waals surface area contributed by atoms with Crippen LogP contribution >= 0.6 is 0 Å². The first kappa shape index (κ1) is 18.9. The molecule has 1 fully saturated rings. The van der Waals surface area contributed by atoms with Crippen molar-refractivity contribution in [2.75, 3.05) is 31.5 Å². The van der Waals surface area contributed by atoms with Crippen molar-refractivity contribution in [3.05, 3.63) is 78.3 Å². The van der Waals surface area contributed by atoms with Crippen molar-refractivity contribution < 1.29 is 9.53 Å². The molecule has 0 unspecified atom stereocenters. The summed E-state index contributed by atoms with van der Waals surface area (Å²) in [5.74, 6) is 0.260. The van der Waals surface area contributed by atoms with Crippen molar-refractivity contribution >= 4 is 34.4 Å². The van der Waals surface area contributed by atoms with Gasteiger partial charge >= 0.3 is 5.97 Å². The van der Waals surface area contributed by atoms with Gasteiger partial charge in [0.05, 0.1) is 0 Å².